The third-order valence-corrected chi connectivity index (χ3v) is 5.37. The fourth-order valence-electron chi connectivity index (χ4n) is 3.89. The molecule has 2 fully saturated rings. The molecule has 1 aromatic rings. The Morgan fingerprint density at radius 3 is 2.70 bits per heavy atom. The zero-order valence-electron chi connectivity index (χ0n) is 14.0. The van der Waals surface area contributed by atoms with Crippen LogP contribution in [0.5, 0.6) is 0 Å². The molecular formula is C18H28N2O3. The molecule has 3 rings (SSSR count). The zero-order chi connectivity index (χ0) is 16.3. The number of furan rings is 1. The summed E-state index contributed by atoms with van der Waals surface area (Å²) in [5, 5.41) is 10.6. The van der Waals surface area contributed by atoms with Gasteiger partial charge in [-0.2, -0.15) is 0 Å². The van der Waals surface area contributed by atoms with E-state index in [4.69, 9.17) is 4.42 Å². The van der Waals surface area contributed by atoms with E-state index >= 15 is 0 Å². The van der Waals surface area contributed by atoms with Crippen molar-refractivity contribution in [3.63, 3.8) is 0 Å². The Hall–Kier alpha value is -1.33. The minimum Gasteiger partial charge on any atom is -0.467 e. The van der Waals surface area contributed by atoms with Gasteiger partial charge in [0.05, 0.1) is 24.8 Å². The zero-order valence-corrected chi connectivity index (χ0v) is 14.0. The predicted octanol–water partition coefficient (Wildman–Crippen LogP) is 2.40. The van der Waals surface area contributed by atoms with Crippen LogP contribution in [0.4, 0.5) is 0 Å². The third-order valence-electron chi connectivity index (χ3n) is 5.37. The lowest BCUT2D eigenvalue weighted by Gasteiger charge is -2.38. The van der Waals surface area contributed by atoms with E-state index < -0.39 is 5.60 Å². The number of nitrogens with zero attached hydrogens (tertiary/aromatic N) is 2. The molecule has 5 nitrogen and oxygen atoms in total. The average Bonchev–Trinajstić information content (AvgIpc) is 3.17. The second kappa shape index (κ2) is 7.05. The first kappa shape index (κ1) is 16.5. The minimum absolute atomic E-state index is 0.0698. The van der Waals surface area contributed by atoms with Crippen LogP contribution in [0.1, 0.15) is 50.7 Å². The molecule has 0 aromatic carbocycles. The van der Waals surface area contributed by atoms with E-state index in [0.717, 1.165) is 57.4 Å². The quantitative estimate of drug-likeness (QED) is 0.905. The van der Waals surface area contributed by atoms with Gasteiger partial charge in [-0.1, -0.05) is 12.8 Å². The molecule has 0 radical (unpaired) electrons. The number of piperidine rings is 1. The van der Waals surface area contributed by atoms with Gasteiger partial charge in [0.2, 0.25) is 5.91 Å². The van der Waals surface area contributed by atoms with Crippen molar-refractivity contribution < 1.29 is 14.3 Å². The molecule has 1 saturated carbocycles. The fraction of sp³-hybridized carbons (Fsp3) is 0.722. The summed E-state index contributed by atoms with van der Waals surface area (Å²) in [5.41, 5.74) is -0.788. The maximum atomic E-state index is 12.9. The minimum atomic E-state index is -0.788. The topological polar surface area (TPSA) is 56.9 Å². The Morgan fingerprint density at radius 2 is 2.09 bits per heavy atom. The van der Waals surface area contributed by atoms with Gasteiger partial charge >= 0.3 is 0 Å². The van der Waals surface area contributed by atoms with Gasteiger partial charge < -0.3 is 19.3 Å². The van der Waals surface area contributed by atoms with E-state index in [2.05, 4.69) is 11.9 Å². The van der Waals surface area contributed by atoms with Crippen molar-refractivity contribution in [2.24, 2.45) is 0 Å². The van der Waals surface area contributed by atoms with Crippen molar-refractivity contribution in [1.29, 1.82) is 0 Å². The molecule has 0 unspecified atom stereocenters. The Bertz CT molecular complexity index is 500. The molecule has 1 aromatic heterocycles. The van der Waals surface area contributed by atoms with Gasteiger partial charge in [0.25, 0.3) is 0 Å². The molecule has 2 aliphatic rings. The number of amides is 1. The molecule has 2 heterocycles. The van der Waals surface area contributed by atoms with Gasteiger partial charge in [-0.3, -0.25) is 4.79 Å². The first-order chi connectivity index (χ1) is 11.1. The largest absolute Gasteiger partial charge is 0.467 e. The molecule has 0 atom stereocenters. The number of carbonyl (C=O) groups is 1. The van der Waals surface area contributed by atoms with Crippen LogP contribution < -0.4 is 0 Å². The molecule has 1 amide bonds. The average molecular weight is 320 g/mol. The number of aliphatic hydroxyl groups is 1. The molecule has 23 heavy (non-hydrogen) atoms. The van der Waals surface area contributed by atoms with Crippen LogP contribution >= 0.6 is 0 Å². The van der Waals surface area contributed by atoms with Gasteiger partial charge in [0.15, 0.2) is 0 Å². The summed E-state index contributed by atoms with van der Waals surface area (Å²) in [4.78, 5) is 17.2. The van der Waals surface area contributed by atoms with E-state index in [1.165, 1.54) is 0 Å². The summed E-state index contributed by atoms with van der Waals surface area (Å²) in [6, 6.07) is 4.02. The highest BCUT2D eigenvalue weighted by atomic mass is 16.3. The second-order valence-electron chi connectivity index (χ2n) is 7.24. The van der Waals surface area contributed by atoms with Crippen molar-refractivity contribution in [1.82, 2.24) is 9.80 Å². The Balaban J connectivity index is 1.69. The molecule has 0 spiro atoms. The van der Waals surface area contributed by atoms with Gasteiger partial charge in [-0.25, -0.2) is 0 Å². The van der Waals surface area contributed by atoms with Crippen LogP contribution in [0.3, 0.4) is 0 Å². The summed E-state index contributed by atoms with van der Waals surface area (Å²) in [7, 11) is 2.12. The molecule has 0 bridgehead atoms. The van der Waals surface area contributed by atoms with Crippen LogP contribution in [0.25, 0.3) is 0 Å². The standard InChI is InChI=1S/C18H28N2O3/c1-19-10-6-15(7-11-19)20(14-16-5-4-12-23-16)17(21)13-18(22)8-2-3-9-18/h4-5,12,15,22H,2-3,6-11,13-14H2,1H3. The Kier molecular flexibility index (Phi) is 5.07. The van der Waals surface area contributed by atoms with E-state index in [9.17, 15) is 9.90 Å². The van der Waals surface area contributed by atoms with E-state index in [0.29, 0.717) is 6.54 Å². The summed E-state index contributed by atoms with van der Waals surface area (Å²) < 4.78 is 5.45. The maximum absolute atomic E-state index is 12.9. The number of hydrogen-bond donors (Lipinski definition) is 1. The van der Waals surface area contributed by atoms with Crippen LogP contribution in [0.15, 0.2) is 22.8 Å². The highest BCUT2D eigenvalue weighted by Gasteiger charge is 2.37. The van der Waals surface area contributed by atoms with Gasteiger partial charge in [-0.05, 0) is 58.0 Å². The molecule has 1 N–H and O–H groups in total. The molecule has 1 saturated heterocycles. The highest BCUT2D eigenvalue weighted by Crippen LogP contribution is 2.33. The second-order valence-corrected chi connectivity index (χ2v) is 7.24. The predicted molar refractivity (Wildman–Crippen MR) is 87.8 cm³/mol. The highest BCUT2D eigenvalue weighted by molar-refractivity contribution is 5.77. The number of carbonyl (C=O) groups excluding carboxylic acids is 1. The SMILES string of the molecule is CN1CCC(N(Cc2ccco2)C(=O)CC2(O)CCCC2)CC1. The van der Waals surface area contributed by atoms with Crippen LogP contribution in [-0.2, 0) is 11.3 Å². The Morgan fingerprint density at radius 1 is 1.39 bits per heavy atom. The summed E-state index contributed by atoms with van der Waals surface area (Å²) in [6.07, 6.45) is 7.42. The monoisotopic (exact) mass is 320 g/mol. The summed E-state index contributed by atoms with van der Waals surface area (Å²) in [6.45, 7) is 2.53. The number of likely N-dealkylation sites (tertiary alicyclic amines) is 1. The normalized spacial score (nSPS) is 22.3. The lowest BCUT2D eigenvalue weighted by atomic mass is 9.95. The fourth-order valence-corrected chi connectivity index (χ4v) is 3.89. The first-order valence-corrected chi connectivity index (χ1v) is 8.78. The molecule has 1 aliphatic carbocycles. The van der Waals surface area contributed by atoms with E-state index in [-0.39, 0.29) is 18.4 Å². The summed E-state index contributed by atoms with van der Waals surface area (Å²) >= 11 is 0. The van der Waals surface area contributed by atoms with Crippen molar-refractivity contribution in [3.05, 3.63) is 24.2 Å². The molecule has 1 aliphatic heterocycles. The van der Waals surface area contributed by atoms with Crippen LogP contribution in [0.2, 0.25) is 0 Å². The molecule has 5 heteroatoms. The molecule has 128 valence electrons. The lowest BCUT2D eigenvalue weighted by molar-refractivity contribution is -0.140. The number of rotatable bonds is 5. The molecular weight excluding hydrogens is 292 g/mol. The van der Waals surface area contributed by atoms with E-state index in [1.807, 2.05) is 17.0 Å². The van der Waals surface area contributed by atoms with Gasteiger partial charge in [-0.15, -0.1) is 0 Å². The summed E-state index contributed by atoms with van der Waals surface area (Å²) in [5.74, 6) is 0.885. The van der Waals surface area contributed by atoms with Crippen molar-refractivity contribution >= 4 is 5.91 Å². The van der Waals surface area contributed by atoms with Crippen LogP contribution in [-0.4, -0.2) is 52.6 Å². The number of hydrogen-bond acceptors (Lipinski definition) is 4. The van der Waals surface area contributed by atoms with Crippen molar-refractivity contribution in [3.8, 4) is 0 Å². The smallest absolute Gasteiger partial charge is 0.226 e. The van der Waals surface area contributed by atoms with Crippen molar-refractivity contribution in [2.45, 2.75) is 63.1 Å². The van der Waals surface area contributed by atoms with Crippen LogP contribution in [0, 0.1) is 0 Å². The maximum Gasteiger partial charge on any atom is 0.226 e. The van der Waals surface area contributed by atoms with Crippen molar-refractivity contribution in [2.75, 3.05) is 20.1 Å². The van der Waals surface area contributed by atoms with Gasteiger partial charge in [0, 0.05) is 6.04 Å². The van der Waals surface area contributed by atoms with E-state index in [1.54, 1.807) is 6.26 Å². The first-order valence-electron chi connectivity index (χ1n) is 8.78. The van der Waals surface area contributed by atoms with Gasteiger partial charge in [0.1, 0.15) is 5.76 Å². The lowest BCUT2D eigenvalue weighted by Crippen LogP contribution is -2.48. The third kappa shape index (κ3) is 4.15. The Labute approximate surface area is 138 Å².